The topological polar surface area (TPSA) is 67.5 Å². The van der Waals surface area contributed by atoms with E-state index in [1.807, 2.05) is 24.3 Å². The van der Waals surface area contributed by atoms with Crippen LogP contribution < -0.4 is 5.32 Å². The zero-order valence-corrected chi connectivity index (χ0v) is 11.7. The molecule has 1 aliphatic heterocycles. The number of non-ortho nitro benzene ring substituents is 1. The summed E-state index contributed by atoms with van der Waals surface area (Å²) in [6.07, 6.45) is 0. The van der Waals surface area contributed by atoms with Gasteiger partial charge in [-0.05, 0) is 29.8 Å². The van der Waals surface area contributed by atoms with Gasteiger partial charge in [-0.3, -0.25) is 15.1 Å². The highest BCUT2D eigenvalue weighted by Crippen LogP contribution is 2.22. The van der Waals surface area contributed by atoms with Gasteiger partial charge in [0.2, 0.25) is 0 Å². The molecule has 0 bridgehead atoms. The van der Waals surface area contributed by atoms with Crippen molar-refractivity contribution in [2.24, 2.45) is 4.99 Å². The third kappa shape index (κ3) is 2.87. The molecule has 5 nitrogen and oxygen atoms in total. The molecule has 2 aromatic rings. The standard InChI is InChI=1S/C15H12ClN3O2/c16-12-5-1-11(2-6-12)15-17-9-14(18-15)10-3-7-13(8-4-10)19(20)21/h1-8,14H,9H2,(H,17,18). The van der Waals surface area contributed by atoms with Crippen LogP contribution in [0.5, 0.6) is 0 Å². The normalized spacial score (nSPS) is 17.2. The number of amidine groups is 1. The highest BCUT2D eigenvalue weighted by atomic mass is 35.5. The Hall–Kier alpha value is -2.40. The molecule has 1 heterocycles. The molecule has 6 heteroatoms. The number of halogens is 1. The minimum Gasteiger partial charge on any atom is -0.361 e. The average Bonchev–Trinajstić information content (AvgIpc) is 2.98. The number of rotatable bonds is 3. The summed E-state index contributed by atoms with van der Waals surface area (Å²) in [5, 5.41) is 14.7. The van der Waals surface area contributed by atoms with E-state index in [1.165, 1.54) is 12.1 Å². The number of hydrogen-bond acceptors (Lipinski definition) is 4. The molecule has 0 aliphatic carbocycles. The summed E-state index contributed by atoms with van der Waals surface area (Å²) in [5.74, 6) is 0.815. The van der Waals surface area contributed by atoms with Crippen molar-refractivity contribution in [1.29, 1.82) is 0 Å². The van der Waals surface area contributed by atoms with Crippen LogP contribution in [0, 0.1) is 10.1 Å². The molecule has 0 aromatic heterocycles. The number of aliphatic imine (C=N–C) groups is 1. The first-order chi connectivity index (χ1) is 10.1. The van der Waals surface area contributed by atoms with Crippen LogP contribution in [0.3, 0.4) is 0 Å². The van der Waals surface area contributed by atoms with Gasteiger partial charge in [0.05, 0.1) is 17.5 Å². The number of nitro benzene ring substituents is 1. The first kappa shape index (κ1) is 13.6. The van der Waals surface area contributed by atoms with Crippen molar-refractivity contribution in [2.45, 2.75) is 6.04 Å². The SMILES string of the molecule is O=[N+]([O-])c1ccc(C2CN=C(c3ccc(Cl)cc3)N2)cc1. The van der Waals surface area contributed by atoms with Crippen molar-refractivity contribution >= 4 is 23.1 Å². The van der Waals surface area contributed by atoms with Crippen molar-refractivity contribution in [3.05, 3.63) is 74.8 Å². The molecule has 21 heavy (non-hydrogen) atoms. The summed E-state index contributed by atoms with van der Waals surface area (Å²) in [5.41, 5.74) is 2.05. The maximum absolute atomic E-state index is 10.7. The third-order valence-corrected chi connectivity index (χ3v) is 3.62. The predicted molar refractivity (Wildman–Crippen MR) is 81.8 cm³/mol. The molecule has 0 amide bonds. The molecule has 0 spiro atoms. The smallest absolute Gasteiger partial charge is 0.269 e. The van der Waals surface area contributed by atoms with Gasteiger partial charge in [-0.1, -0.05) is 23.7 Å². The second kappa shape index (κ2) is 5.54. The lowest BCUT2D eigenvalue weighted by Gasteiger charge is -2.12. The second-order valence-corrected chi connectivity index (χ2v) is 5.18. The fraction of sp³-hybridized carbons (Fsp3) is 0.133. The summed E-state index contributed by atoms with van der Waals surface area (Å²) in [6, 6.07) is 14.0. The summed E-state index contributed by atoms with van der Waals surface area (Å²) < 4.78 is 0. The number of benzene rings is 2. The van der Waals surface area contributed by atoms with Crippen molar-refractivity contribution in [1.82, 2.24) is 5.32 Å². The van der Waals surface area contributed by atoms with Crippen molar-refractivity contribution in [2.75, 3.05) is 6.54 Å². The monoisotopic (exact) mass is 301 g/mol. The number of nitrogens with zero attached hydrogens (tertiary/aromatic N) is 2. The molecule has 1 atom stereocenters. The van der Waals surface area contributed by atoms with E-state index in [0.717, 1.165) is 17.0 Å². The summed E-state index contributed by atoms with van der Waals surface area (Å²) in [6.45, 7) is 0.607. The fourth-order valence-corrected chi connectivity index (χ4v) is 2.36. The molecular formula is C15H12ClN3O2. The Morgan fingerprint density at radius 3 is 2.43 bits per heavy atom. The summed E-state index contributed by atoms with van der Waals surface area (Å²) in [7, 11) is 0. The minimum atomic E-state index is -0.401. The van der Waals surface area contributed by atoms with Crippen molar-refractivity contribution < 1.29 is 4.92 Å². The Kier molecular flexibility index (Phi) is 3.58. The van der Waals surface area contributed by atoms with E-state index in [0.29, 0.717) is 11.6 Å². The first-order valence-corrected chi connectivity index (χ1v) is 6.82. The molecule has 1 aliphatic rings. The molecule has 106 valence electrons. The second-order valence-electron chi connectivity index (χ2n) is 4.74. The van der Waals surface area contributed by atoms with Gasteiger partial charge in [0.15, 0.2) is 0 Å². The molecule has 1 unspecified atom stereocenters. The van der Waals surface area contributed by atoms with E-state index in [-0.39, 0.29) is 11.7 Å². The highest BCUT2D eigenvalue weighted by Gasteiger charge is 2.20. The fourth-order valence-electron chi connectivity index (χ4n) is 2.24. The van der Waals surface area contributed by atoms with Gasteiger partial charge in [0.25, 0.3) is 5.69 Å². The van der Waals surface area contributed by atoms with Crippen LogP contribution in [0.2, 0.25) is 5.02 Å². The Morgan fingerprint density at radius 1 is 1.14 bits per heavy atom. The largest absolute Gasteiger partial charge is 0.361 e. The van der Waals surface area contributed by atoms with Crippen LogP contribution in [0.15, 0.2) is 53.5 Å². The molecule has 0 saturated carbocycles. The van der Waals surface area contributed by atoms with Crippen LogP contribution in [0.1, 0.15) is 17.2 Å². The van der Waals surface area contributed by atoms with Crippen LogP contribution in [-0.2, 0) is 0 Å². The summed E-state index contributed by atoms with van der Waals surface area (Å²) >= 11 is 5.87. The minimum absolute atomic E-state index is 0.0384. The predicted octanol–water partition coefficient (Wildman–Crippen LogP) is 3.34. The van der Waals surface area contributed by atoms with E-state index < -0.39 is 4.92 Å². The zero-order chi connectivity index (χ0) is 14.8. The van der Waals surface area contributed by atoms with E-state index >= 15 is 0 Å². The van der Waals surface area contributed by atoms with E-state index in [9.17, 15) is 10.1 Å². The van der Waals surface area contributed by atoms with Gasteiger partial charge in [-0.15, -0.1) is 0 Å². The Bertz CT molecular complexity index is 696. The molecule has 0 fully saturated rings. The van der Waals surface area contributed by atoms with Gasteiger partial charge in [-0.2, -0.15) is 0 Å². The number of hydrogen-bond donors (Lipinski definition) is 1. The van der Waals surface area contributed by atoms with Crippen molar-refractivity contribution in [3.63, 3.8) is 0 Å². The summed E-state index contributed by atoms with van der Waals surface area (Å²) in [4.78, 5) is 14.7. The molecule has 1 N–H and O–H groups in total. The lowest BCUT2D eigenvalue weighted by Crippen LogP contribution is -2.23. The maximum atomic E-state index is 10.7. The van der Waals surface area contributed by atoms with Gasteiger partial charge >= 0.3 is 0 Å². The van der Waals surface area contributed by atoms with Crippen LogP contribution in [0.4, 0.5) is 5.69 Å². The molecular weight excluding hydrogens is 290 g/mol. The van der Waals surface area contributed by atoms with Gasteiger partial charge in [0.1, 0.15) is 5.84 Å². The Morgan fingerprint density at radius 2 is 1.81 bits per heavy atom. The van der Waals surface area contributed by atoms with Crippen molar-refractivity contribution in [3.8, 4) is 0 Å². The molecule has 0 saturated heterocycles. The van der Waals surface area contributed by atoms with Crippen LogP contribution >= 0.6 is 11.6 Å². The van der Waals surface area contributed by atoms with Gasteiger partial charge in [0, 0.05) is 22.7 Å². The van der Waals surface area contributed by atoms with E-state index in [2.05, 4.69) is 10.3 Å². The lowest BCUT2D eigenvalue weighted by atomic mass is 10.1. The maximum Gasteiger partial charge on any atom is 0.269 e. The van der Waals surface area contributed by atoms with Gasteiger partial charge in [-0.25, -0.2) is 0 Å². The quantitative estimate of drug-likeness (QED) is 0.698. The Balaban J connectivity index is 1.73. The van der Waals surface area contributed by atoms with Crippen LogP contribution in [-0.4, -0.2) is 17.3 Å². The molecule has 2 aromatic carbocycles. The van der Waals surface area contributed by atoms with Crippen LogP contribution in [0.25, 0.3) is 0 Å². The highest BCUT2D eigenvalue weighted by molar-refractivity contribution is 6.30. The first-order valence-electron chi connectivity index (χ1n) is 6.45. The van der Waals surface area contributed by atoms with E-state index in [4.69, 9.17) is 11.6 Å². The molecule has 0 radical (unpaired) electrons. The van der Waals surface area contributed by atoms with Gasteiger partial charge < -0.3 is 5.32 Å². The van der Waals surface area contributed by atoms with E-state index in [1.54, 1.807) is 12.1 Å². The zero-order valence-electron chi connectivity index (χ0n) is 11.0. The molecule has 3 rings (SSSR count). The lowest BCUT2D eigenvalue weighted by molar-refractivity contribution is -0.384. The number of nitrogens with one attached hydrogen (secondary N) is 1. The average molecular weight is 302 g/mol. The third-order valence-electron chi connectivity index (χ3n) is 3.37. The Labute approximate surface area is 126 Å². The number of nitro groups is 1.